The van der Waals surface area contributed by atoms with E-state index in [0.29, 0.717) is 5.56 Å². The molecule has 0 aliphatic carbocycles. The molecule has 2 aromatic rings. The number of aliphatic hydroxyl groups excluding tert-OH is 3. The van der Waals surface area contributed by atoms with Crippen LogP contribution in [-0.4, -0.2) is 67.7 Å². The fraction of sp³-hybridized carbons (Fsp3) is 0.455. The van der Waals surface area contributed by atoms with Gasteiger partial charge in [-0.2, -0.15) is 4.39 Å². The van der Waals surface area contributed by atoms with Gasteiger partial charge in [-0.05, 0) is 29.3 Å². The minimum Gasteiger partial charge on any atom is -0.494 e. The smallest absolute Gasteiger partial charge is 0.224 e. The molecule has 0 unspecified atom stereocenters. The monoisotopic (exact) mass is 474 g/mol. The van der Waals surface area contributed by atoms with Crippen molar-refractivity contribution in [1.82, 2.24) is 0 Å². The fourth-order valence-corrected chi connectivity index (χ4v) is 4.00. The van der Waals surface area contributed by atoms with Crippen LogP contribution in [0.25, 0.3) is 0 Å². The number of methoxy groups -OCH3 is 3. The Balaban J connectivity index is 2.02. The summed E-state index contributed by atoms with van der Waals surface area (Å²) < 4.78 is 49.8. The van der Waals surface area contributed by atoms with Gasteiger partial charge in [-0.1, -0.05) is 23.7 Å². The molecule has 3 N–H and O–H groups in total. The average molecular weight is 475 g/mol. The van der Waals surface area contributed by atoms with E-state index in [-0.39, 0.29) is 34.9 Å². The van der Waals surface area contributed by atoms with Gasteiger partial charge in [0.2, 0.25) is 11.6 Å². The predicted octanol–water partition coefficient (Wildman–Crippen LogP) is 2.14. The number of hydrogen-bond acceptors (Lipinski definition) is 7. The van der Waals surface area contributed by atoms with E-state index in [1.54, 1.807) is 0 Å². The third-order valence-electron chi connectivity index (χ3n) is 5.58. The van der Waals surface area contributed by atoms with Crippen molar-refractivity contribution in [3.63, 3.8) is 0 Å². The molecule has 2 aromatic carbocycles. The molecule has 0 aromatic heterocycles. The zero-order valence-corrected chi connectivity index (χ0v) is 18.5. The van der Waals surface area contributed by atoms with Crippen molar-refractivity contribution in [3.05, 3.63) is 63.7 Å². The van der Waals surface area contributed by atoms with Crippen LogP contribution in [0.2, 0.25) is 5.02 Å². The van der Waals surface area contributed by atoms with Crippen molar-refractivity contribution < 1.29 is 43.0 Å². The fourth-order valence-electron chi connectivity index (χ4n) is 3.82. The van der Waals surface area contributed by atoms with Gasteiger partial charge < -0.3 is 34.3 Å². The van der Waals surface area contributed by atoms with Gasteiger partial charge in [-0.3, -0.25) is 0 Å². The van der Waals surface area contributed by atoms with E-state index in [9.17, 15) is 24.1 Å². The van der Waals surface area contributed by atoms with Gasteiger partial charge >= 0.3 is 0 Å². The summed E-state index contributed by atoms with van der Waals surface area (Å²) in [5, 5.41) is 31.6. The van der Waals surface area contributed by atoms with Gasteiger partial charge in [-0.25, -0.2) is 4.39 Å². The molecule has 1 aliphatic rings. The molecule has 0 amide bonds. The molecule has 5 atom stereocenters. The maximum atomic E-state index is 14.5. The highest BCUT2D eigenvalue weighted by molar-refractivity contribution is 6.31. The van der Waals surface area contributed by atoms with Crippen molar-refractivity contribution >= 4 is 11.6 Å². The second-order valence-corrected chi connectivity index (χ2v) is 7.85. The third kappa shape index (κ3) is 4.34. The molecule has 0 bridgehead atoms. The molecular formula is C22H25ClF2O7. The van der Waals surface area contributed by atoms with Gasteiger partial charge in [0.05, 0.1) is 13.7 Å². The van der Waals surface area contributed by atoms with Crippen LogP contribution in [0.1, 0.15) is 16.7 Å². The summed E-state index contributed by atoms with van der Waals surface area (Å²) in [4.78, 5) is 0. The minimum absolute atomic E-state index is 0.0339. The van der Waals surface area contributed by atoms with E-state index >= 15 is 0 Å². The highest BCUT2D eigenvalue weighted by Crippen LogP contribution is 2.40. The highest BCUT2D eigenvalue weighted by atomic mass is 35.5. The second-order valence-electron chi connectivity index (χ2n) is 7.45. The van der Waals surface area contributed by atoms with Gasteiger partial charge in [0.15, 0.2) is 11.6 Å². The van der Waals surface area contributed by atoms with Crippen LogP contribution in [0, 0.1) is 11.6 Å². The maximum absolute atomic E-state index is 14.5. The lowest BCUT2D eigenvalue weighted by atomic mass is 9.87. The Morgan fingerprint density at radius 1 is 1.00 bits per heavy atom. The van der Waals surface area contributed by atoms with Gasteiger partial charge in [-0.15, -0.1) is 0 Å². The second kappa shape index (κ2) is 9.96. The number of rotatable bonds is 7. The molecule has 1 fully saturated rings. The van der Waals surface area contributed by atoms with Crippen LogP contribution in [0.3, 0.4) is 0 Å². The van der Waals surface area contributed by atoms with Gasteiger partial charge in [0, 0.05) is 31.2 Å². The summed E-state index contributed by atoms with van der Waals surface area (Å²) in [5.41, 5.74) is 0.684. The summed E-state index contributed by atoms with van der Waals surface area (Å²) in [5.74, 6) is -4.28. The van der Waals surface area contributed by atoms with Gasteiger partial charge in [0.25, 0.3) is 0 Å². The molecular weight excluding hydrogens is 450 g/mol. The molecule has 0 spiro atoms. The van der Waals surface area contributed by atoms with E-state index in [1.165, 1.54) is 51.7 Å². The van der Waals surface area contributed by atoms with Crippen molar-refractivity contribution in [3.8, 4) is 5.75 Å². The lowest BCUT2D eigenvalue weighted by molar-refractivity contribution is -0.366. The summed E-state index contributed by atoms with van der Waals surface area (Å²) >= 11 is 6.30. The van der Waals surface area contributed by atoms with Crippen LogP contribution in [-0.2, 0) is 26.4 Å². The predicted molar refractivity (Wildman–Crippen MR) is 111 cm³/mol. The molecule has 1 heterocycles. The Labute approximate surface area is 189 Å². The topological polar surface area (TPSA) is 97.6 Å². The Morgan fingerprint density at radius 3 is 2.34 bits per heavy atom. The number of halogens is 3. The highest BCUT2D eigenvalue weighted by Gasteiger charge is 2.55. The largest absolute Gasteiger partial charge is 0.494 e. The van der Waals surface area contributed by atoms with Crippen LogP contribution in [0.4, 0.5) is 8.78 Å². The Kier molecular flexibility index (Phi) is 7.72. The standard InChI is InChI=1S/C22H25ClF2O7/c1-29-10-16-19(26)20(27)21(28)22(31-3,32-16)13-5-6-14(23)12(9-13)8-11-4-7-15(30-2)18(25)17(11)24/h4-7,9,16,19-21,26-28H,8,10H2,1-3H3/t16-,19-,20+,21-,22+/m1/s1. The van der Waals surface area contributed by atoms with E-state index in [4.69, 9.17) is 30.5 Å². The molecule has 1 saturated heterocycles. The van der Waals surface area contributed by atoms with Crippen molar-refractivity contribution in [1.29, 1.82) is 0 Å². The quantitative estimate of drug-likeness (QED) is 0.565. The Morgan fingerprint density at radius 2 is 1.72 bits per heavy atom. The first-order chi connectivity index (χ1) is 15.2. The van der Waals surface area contributed by atoms with Crippen LogP contribution < -0.4 is 4.74 Å². The van der Waals surface area contributed by atoms with Crippen molar-refractivity contribution in [2.24, 2.45) is 0 Å². The average Bonchev–Trinajstić information content (AvgIpc) is 2.79. The molecule has 176 valence electrons. The minimum atomic E-state index is -1.87. The number of aliphatic hydroxyl groups is 3. The summed E-state index contributed by atoms with van der Waals surface area (Å²) in [6, 6.07) is 7.20. The van der Waals surface area contributed by atoms with Crippen LogP contribution in [0.15, 0.2) is 30.3 Å². The molecule has 3 rings (SSSR count). The van der Waals surface area contributed by atoms with Gasteiger partial charge in [0.1, 0.15) is 24.4 Å². The van der Waals surface area contributed by atoms with E-state index in [1.807, 2.05) is 0 Å². The first-order valence-electron chi connectivity index (χ1n) is 9.76. The molecule has 32 heavy (non-hydrogen) atoms. The number of ether oxygens (including phenoxy) is 4. The third-order valence-corrected chi connectivity index (χ3v) is 5.95. The first kappa shape index (κ1) is 24.8. The molecule has 0 saturated carbocycles. The first-order valence-corrected chi connectivity index (χ1v) is 10.1. The van der Waals surface area contributed by atoms with E-state index in [0.717, 1.165) is 0 Å². The zero-order chi connectivity index (χ0) is 23.6. The van der Waals surface area contributed by atoms with E-state index in [2.05, 4.69) is 0 Å². The van der Waals surface area contributed by atoms with Crippen LogP contribution in [0.5, 0.6) is 5.75 Å². The van der Waals surface area contributed by atoms with Crippen LogP contribution >= 0.6 is 11.6 Å². The molecule has 10 heteroatoms. The lowest BCUT2D eigenvalue weighted by Crippen LogP contribution is -2.64. The normalized spacial score (nSPS) is 28.0. The lowest BCUT2D eigenvalue weighted by Gasteiger charge is -2.48. The molecule has 0 radical (unpaired) electrons. The SMILES string of the molecule is COC[C@H]1O[C@@](OC)(c2ccc(Cl)c(Cc3ccc(OC)c(F)c3F)c2)[C@H](O)[C@@H](O)[C@@H]1O. The zero-order valence-electron chi connectivity index (χ0n) is 17.7. The Hall–Kier alpha value is -1.85. The maximum Gasteiger partial charge on any atom is 0.224 e. The van der Waals surface area contributed by atoms with Crippen molar-refractivity contribution in [2.45, 2.75) is 36.6 Å². The number of hydrogen-bond donors (Lipinski definition) is 3. The number of benzene rings is 2. The summed E-state index contributed by atoms with van der Waals surface area (Å²) in [6.45, 7) is -0.0765. The Bertz CT molecular complexity index is 960. The molecule has 1 aliphatic heterocycles. The summed E-state index contributed by atoms with van der Waals surface area (Å²) in [7, 11) is 3.90. The van der Waals surface area contributed by atoms with E-state index < -0.39 is 41.8 Å². The molecule has 7 nitrogen and oxygen atoms in total. The van der Waals surface area contributed by atoms with Crippen molar-refractivity contribution in [2.75, 3.05) is 27.9 Å². The summed E-state index contributed by atoms with van der Waals surface area (Å²) in [6.07, 6.45) is -5.78.